The summed E-state index contributed by atoms with van der Waals surface area (Å²) in [4.78, 5) is 6.67. The molecule has 0 saturated heterocycles. The van der Waals surface area contributed by atoms with Crippen LogP contribution >= 0.6 is 0 Å². The fourth-order valence-corrected chi connectivity index (χ4v) is 2.09. The average Bonchev–Trinajstić information content (AvgIpc) is 2.68. The summed E-state index contributed by atoms with van der Waals surface area (Å²) < 4.78 is 1.97. The first-order valence-corrected chi connectivity index (χ1v) is 5.90. The van der Waals surface area contributed by atoms with Gasteiger partial charge in [-0.15, -0.1) is 0 Å². The van der Waals surface area contributed by atoms with Crippen molar-refractivity contribution in [1.82, 2.24) is 19.7 Å². The molecule has 5 nitrogen and oxygen atoms in total. The topological polar surface area (TPSA) is 54.2 Å². The highest BCUT2D eigenvalue weighted by Gasteiger charge is 2.23. The fraction of sp³-hybridized carbons (Fsp3) is 0.818. The molecule has 0 fully saturated rings. The summed E-state index contributed by atoms with van der Waals surface area (Å²) in [7, 11) is 4.10. The molecule has 0 saturated carbocycles. The fourth-order valence-electron chi connectivity index (χ4n) is 2.09. The quantitative estimate of drug-likeness (QED) is 0.796. The van der Waals surface area contributed by atoms with Gasteiger partial charge in [-0.1, -0.05) is 0 Å². The third kappa shape index (κ3) is 2.41. The number of rotatable bonds is 4. The maximum Gasteiger partial charge on any atom is 0.152 e. The molecule has 2 rings (SSSR count). The Morgan fingerprint density at radius 1 is 1.50 bits per heavy atom. The Hall–Kier alpha value is -0.940. The van der Waals surface area contributed by atoms with E-state index in [2.05, 4.69) is 15.0 Å². The molecule has 0 radical (unpaired) electrons. The smallest absolute Gasteiger partial charge is 0.152 e. The molecule has 1 atom stereocenters. The van der Waals surface area contributed by atoms with Gasteiger partial charge in [-0.3, -0.25) is 0 Å². The predicted molar refractivity (Wildman–Crippen MR) is 61.3 cm³/mol. The van der Waals surface area contributed by atoms with Crippen molar-refractivity contribution in [2.75, 3.05) is 27.2 Å². The van der Waals surface area contributed by atoms with E-state index >= 15 is 0 Å². The van der Waals surface area contributed by atoms with Gasteiger partial charge < -0.3 is 10.0 Å². The summed E-state index contributed by atoms with van der Waals surface area (Å²) in [5.74, 6) is 2.07. The number of nitrogens with zero attached hydrogens (tertiary/aromatic N) is 4. The molecule has 1 aromatic heterocycles. The second-order valence-electron chi connectivity index (χ2n) is 4.68. The zero-order chi connectivity index (χ0) is 11.5. The molecule has 1 N–H and O–H groups in total. The molecule has 1 aliphatic heterocycles. The molecule has 0 aromatic carbocycles. The first kappa shape index (κ1) is 11.5. The normalized spacial score (nSPS) is 20.1. The van der Waals surface area contributed by atoms with E-state index in [0.717, 1.165) is 44.0 Å². The molecule has 0 bridgehead atoms. The minimum atomic E-state index is 0.186. The maximum atomic E-state index is 9.28. The van der Waals surface area contributed by atoms with Crippen LogP contribution in [-0.4, -0.2) is 52.0 Å². The Bertz CT molecular complexity index is 348. The van der Waals surface area contributed by atoms with Gasteiger partial charge >= 0.3 is 0 Å². The first-order chi connectivity index (χ1) is 7.70. The lowest BCUT2D eigenvalue weighted by atomic mass is 10.0. The summed E-state index contributed by atoms with van der Waals surface area (Å²) in [5, 5.41) is 13.8. The SMILES string of the molecule is CN(C)CCc1nc2n(n1)CCCC2CO. The molecule has 0 spiro atoms. The summed E-state index contributed by atoms with van der Waals surface area (Å²) in [6.07, 6.45) is 3.00. The molecular weight excluding hydrogens is 204 g/mol. The first-order valence-electron chi connectivity index (χ1n) is 5.90. The van der Waals surface area contributed by atoms with Gasteiger partial charge in [0.1, 0.15) is 5.82 Å². The van der Waals surface area contributed by atoms with Gasteiger partial charge in [-0.05, 0) is 26.9 Å². The van der Waals surface area contributed by atoms with Crippen molar-refractivity contribution >= 4 is 0 Å². The number of aliphatic hydroxyl groups excluding tert-OH is 1. The van der Waals surface area contributed by atoms with E-state index in [9.17, 15) is 5.11 Å². The molecule has 5 heteroatoms. The van der Waals surface area contributed by atoms with Crippen molar-refractivity contribution in [3.8, 4) is 0 Å². The Morgan fingerprint density at radius 2 is 2.31 bits per heavy atom. The van der Waals surface area contributed by atoms with Gasteiger partial charge in [0.05, 0.1) is 6.61 Å². The Kier molecular flexibility index (Phi) is 3.56. The van der Waals surface area contributed by atoms with Crippen LogP contribution in [0.1, 0.15) is 30.4 Å². The van der Waals surface area contributed by atoms with Crippen LogP contribution in [-0.2, 0) is 13.0 Å². The van der Waals surface area contributed by atoms with Crippen LogP contribution in [0.15, 0.2) is 0 Å². The van der Waals surface area contributed by atoms with Crippen LogP contribution in [0.3, 0.4) is 0 Å². The van der Waals surface area contributed by atoms with Crippen molar-refractivity contribution in [2.45, 2.75) is 31.7 Å². The predicted octanol–water partition coefficient (Wildman–Crippen LogP) is 0.252. The lowest BCUT2D eigenvalue weighted by Gasteiger charge is -2.19. The zero-order valence-corrected chi connectivity index (χ0v) is 10.1. The van der Waals surface area contributed by atoms with Crippen LogP contribution in [0.4, 0.5) is 0 Å². The Labute approximate surface area is 96.1 Å². The number of aliphatic hydroxyl groups is 1. The van der Waals surface area contributed by atoms with Gasteiger partial charge in [-0.2, -0.15) is 5.10 Å². The monoisotopic (exact) mass is 224 g/mol. The van der Waals surface area contributed by atoms with Crippen molar-refractivity contribution in [3.05, 3.63) is 11.6 Å². The van der Waals surface area contributed by atoms with Gasteiger partial charge in [0.25, 0.3) is 0 Å². The largest absolute Gasteiger partial charge is 0.396 e. The molecule has 90 valence electrons. The molecule has 1 aromatic rings. The third-order valence-corrected chi connectivity index (χ3v) is 3.03. The number of likely N-dealkylation sites (N-methyl/N-ethyl adjacent to an activating group) is 1. The number of fused-ring (bicyclic) bond motifs is 1. The van der Waals surface area contributed by atoms with E-state index in [1.807, 2.05) is 18.8 Å². The van der Waals surface area contributed by atoms with E-state index in [1.54, 1.807) is 0 Å². The highest BCUT2D eigenvalue weighted by atomic mass is 16.3. The number of aromatic nitrogens is 3. The minimum absolute atomic E-state index is 0.186. The maximum absolute atomic E-state index is 9.28. The summed E-state index contributed by atoms with van der Waals surface area (Å²) >= 11 is 0. The van der Waals surface area contributed by atoms with Crippen molar-refractivity contribution < 1.29 is 5.11 Å². The Morgan fingerprint density at radius 3 is 3.00 bits per heavy atom. The van der Waals surface area contributed by atoms with E-state index in [4.69, 9.17) is 0 Å². The highest BCUT2D eigenvalue weighted by molar-refractivity contribution is 5.03. The second-order valence-corrected chi connectivity index (χ2v) is 4.68. The Balaban J connectivity index is 2.09. The van der Waals surface area contributed by atoms with Crippen molar-refractivity contribution in [2.24, 2.45) is 0 Å². The number of aryl methyl sites for hydroxylation is 1. The molecular formula is C11H20N4O. The average molecular weight is 224 g/mol. The van der Waals surface area contributed by atoms with Crippen LogP contribution in [0.5, 0.6) is 0 Å². The van der Waals surface area contributed by atoms with E-state index in [1.165, 1.54) is 0 Å². The van der Waals surface area contributed by atoms with Crippen molar-refractivity contribution in [1.29, 1.82) is 0 Å². The summed E-state index contributed by atoms with van der Waals surface area (Å²) in [6, 6.07) is 0. The zero-order valence-electron chi connectivity index (χ0n) is 10.1. The van der Waals surface area contributed by atoms with E-state index < -0.39 is 0 Å². The molecule has 1 unspecified atom stereocenters. The molecule has 0 aliphatic carbocycles. The van der Waals surface area contributed by atoms with Crippen LogP contribution < -0.4 is 0 Å². The highest BCUT2D eigenvalue weighted by Crippen LogP contribution is 2.24. The number of hydrogen-bond donors (Lipinski definition) is 1. The van der Waals surface area contributed by atoms with E-state index in [0.29, 0.717) is 0 Å². The van der Waals surface area contributed by atoms with Gasteiger partial charge in [0.2, 0.25) is 0 Å². The molecule has 1 aliphatic rings. The van der Waals surface area contributed by atoms with Crippen LogP contribution in [0.2, 0.25) is 0 Å². The lowest BCUT2D eigenvalue weighted by Crippen LogP contribution is -2.19. The summed E-state index contributed by atoms with van der Waals surface area (Å²) in [6.45, 7) is 2.10. The van der Waals surface area contributed by atoms with Crippen LogP contribution in [0, 0.1) is 0 Å². The second kappa shape index (κ2) is 4.93. The summed E-state index contributed by atoms with van der Waals surface area (Å²) in [5.41, 5.74) is 0. The van der Waals surface area contributed by atoms with Gasteiger partial charge in [0, 0.05) is 25.4 Å². The van der Waals surface area contributed by atoms with E-state index in [-0.39, 0.29) is 12.5 Å². The molecule has 16 heavy (non-hydrogen) atoms. The lowest BCUT2D eigenvalue weighted by molar-refractivity contribution is 0.234. The standard InChI is InChI=1S/C11H20N4O/c1-14(2)7-5-10-12-11-9(8-16)4-3-6-15(11)13-10/h9,16H,3-8H2,1-2H3. The van der Waals surface area contributed by atoms with Gasteiger partial charge in [0.15, 0.2) is 5.82 Å². The minimum Gasteiger partial charge on any atom is -0.396 e. The third-order valence-electron chi connectivity index (χ3n) is 3.03. The molecule has 2 heterocycles. The van der Waals surface area contributed by atoms with Gasteiger partial charge in [-0.25, -0.2) is 9.67 Å². The van der Waals surface area contributed by atoms with Crippen molar-refractivity contribution in [3.63, 3.8) is 0 Å². The number of hydrogen-bond acceptors (Lipinski definition) is 4. The van der Waals surface area contributed by atoms with Crippen LogP contribution in [0.25, 0.3) is 0 Å². The molecule has 0 amide bonds.